The first-order chi connectivity index (χ1) is 14.9. The second-order valence-electron chi connectivity index (χ2n) is 8.02. The molecular formula is C22H22N6O2S. The van der Waals surface area contributed by atoms with Gasteiger partial charge in [0.25, 0.3) is 5.91 Å². The second kappa shape index (κ2) is 7.35. The van der Waals surface area contributed by atoms with Gasteiger partial charge in [-0.25, -0.2) is 4.98 Å². The highest BCUT2D eigenvalue weighted by atomic mass is 32.1. The number of aromatic nitrogens is 3. The molecule has 2 N–H and O–H groups in total. The van der Waals surface area contributed by atoms with Crippen LogP contribution in [0.1, 0.15) is 34.5 Å². The monoisotopic (exact) mass is 434 g/mol. The van der Waals surface area contributed by atoms with Crippen LogP contribution in [0.2, 0.25) is 0 Å². The Hall–Kier alpha value is -3.46. The molecule has 0 bridgehead atoms. The Morgan fingerprint density at radius 3 is 2.87 bits per heavy atom. The molecule has 9 heteroatoms. The van der Waals surface area contributed by atoms with Crippen LogP contribution in [0.3, 0.4) is 0 Å². The predicted molar refractivity (Wildman–Crippen MR) is 121 cm³/mol. The number of thiophene rings is 1. The van der Waals surface area contributed by atoms with Crippen molar-refractivity contribution in [3.8, 4) is 10.6 Å². The van der Waals surface area contributed by atoms with E-state index < -0.39 is 0 Å². The number of hydrogen-bond acceptors (Lipinski definition) is 6. The molecule has 31 heavy (non-hydrogen) atoms. The van der Waals surface area contributed by atoms with Gasteiger partial charge in [-0.15, -0.1) is 11.3 Å². The highest BCUT2D eigenvalue weighted by Gasteiger charge is 2.24. The molecule has 2 fully saturated rings. The van der Waals surface area contributed by atoms with Crippen molar-refractivity contribution >= 4 is 40.7 Å². The lowest BCUT2D eigenvalue weighted by Gasteiger charge is -2.10. The third-order valence-corrected chi connectivity index (χ3v) is 6.36. The molecule has 2 aliphatic rings. The van der Waals surface area contributed by atoms with E-state index in [1.165, 1.54) is 11.3 Å². The van der Waals surface area contributed by atoms with Gasteiger partial charge in [0, 0.05) is 37.5 Å². The average Bonchev–Trinajstić information content (AvgIpc) is 3.12. The van der Waals surface area contributed by atoms with E-state index in [4.69, 9.17) is 4.98 Å². The zero-order valence-corrected chi connectivity index (χ0v) is 18.1. The quantitative estimate of drug-likeness (QED) is 0.644. The van der Waals surface area contributed by atoms with E-state index in [1.807, 2.05) is 24.3 Å². The number of amides is 2. The Labute approximate surface area is 183 Å². The molecule has 3 aromatic rings. The summed E-state index contributed by atoms with van der Waals surface area (Å²) in [5, 5.41) is 10.8. The van der Waals surface area contributed by atoms with Gasteiger partial charge in [0.2, 0.25) is 5.91 Å². The first-order valence-corrected chi connectivity index (χ1v) is 10.9. The van der Waals surface area contributed by atoms with Crippen LogP contribution in [0.25, 0.3) is 22.3 Å². The molecule has 0 aromatic carbocycles. The van der Waals surface area contributed by atoms with Gasteiger partial charge in [0.15, 0.2) is 5.65 Å². The summed E-state index contributed by atoms with van der Waals surface area (Å²) >= 11 is 1.42. The first-order valence-electron chi connectivity index (χ1n) is 10.1. The van der Waals surface area contributed by atoms with Gasteiger partial charge in [-0.3, -0.25) is 9.59 Å². The molecule has 5 rings (SSSR count). The van der Waals surface area contributed by atoms with Crippen LogP contribution in [0.4, 0.5) is 5.82 Å². The smallest absolute Gasteiger partial charge is 0.263 e. The van der Waals surface area contributed by atoms with Gasteiger partial charge < -0.3 is 15.5 Å². The number of nitrogens with one attached hydrogen (secondary N) is 2. The number of carbonyl (C=O) groups excluding carboxylic acids is 2. The van der Waals surface area contributed by atoms with Crippen molar-refractivity contribution in [1.29, 1.82) is 0 Å². The Bertz CT molecular complexity index is 1260. The van der Waals surface area contributed by atoms with Gasteiger partial charge in [-0.1, -0.05) is 6.58 Å². The zero-order chi connectivity index (χ0) is 21.7. The molecule has 1 aliphatic heterocycles. The van der Waals surface area contributed by atoms with Gasteiger partial charge in [0.05, 0.1) is 28.1 Å². The molecular weight excluding hydrogens is 412 g/mol. The maximum atomic E-state index is 12.3. The Kier molecular flexibility index (Phi) is 4.62. The summed E-state index contributed by atoms with van der Waals surface area (Å²) in [5.41, 5.74) is 3.72. The summed E-state index contributed by atoms with van der Waals surface area (Å²) in [5.74, 6) is 0.773. The molecule has 0 radical (unpaired) electrons. The van der Waals surface area contributed by atoms with Crippen LogP contribution in [-0.4, -0.2) is 51.4 Å². The largest absolute Gasteiger partial charge is 0.367 e. The molecule has 3 aromatic heterocycles. The summed E-state index contributed by atoms with van der Waals surface area (Å²) in [6, 6.07) is 6.18. The Morgan fingerprint density at radius 1 is 1.39 bits per heavy atom. The minimum absolute atomic E-state index is 0.0275. The van der Waals surface area contributed by atoms with Crippen molar-refractivity contribution in [1.82, 2.24) is 24.8 Å². The van der Waals surface area contributed by atoms with E-state index in [0.29, 0.717) is 28.7 Å². The molecule has 1 saturated heterocycles. The third kappa shape index (κ3) is 3.72. The number of rotatable bonds is 5. The van der Waals surface area contributed by atoms with E-state index >= 15 is 0 Å². The van der Waals surface area contributed by atoms with Gasteiger partial charge >= 0.3 is 0 Å². The summed E-state index contributed by atoms with van der Waals surface area (Å²) in [4.78, 5) is 32.0. The van der Waals surface area contributed by atoms with Crippen molar-refractivity contribution < 1.29 is 9.59 Å². The highest BCUT2D eigenvalue weighted by Crippen LogP contribution is 2.33. The van der Waals surface area contributed by atoms with Crippen molar-refractivity contribution in [2.24, 2.45) is 0 Å². The van der Waals surface area contributed by atoms with Crippen LogP contribution >= 0.6 is 11.3 Å². The molecule has 1 aliphatic carbocycles. The third-order valence-electron chi connectivity index (χ3n) is 5.26. The summed E-state index contributed by atoms with van der Waals surface area (Å²) in [6.07, 6.45) is 6.22. The van der Waals surface area contributed by atoms with E-state index in [9.17, 15) is 9.59 Å². The summed E-state index contributed by atoms with van der Waals surface area (Å²) in [6.45, 7) is 3.92. The lowest BCUT2D eigenvalue weighted by atomic mass is 10.1. The summed E-state index contributed by atoms with van der Waals surface area (Å²) < 4.78 is 1.79. The molecule has 0 unspecified atom stereocenters. The van der Waals surface area contributed by atoms with Gasteiger partial charge in [0.1, 0.15) is 5.82 Å². The van der Waals surface area contributed by atoms with E-state index in [2.05, 4.69) is 22.3 Å². The zero-order valence-electron chi connectivity index (χ0n) is 17.3. The number of fused-ring (bicyclic) bond motifs is 1. The number of nitrogens with zero attached hydrogens (tertiary/aromatic N) is 4. The van der Waals surface area contributed by atoms with Crippen molar-refractivity contribution in [3.63, 3.8) is 0 Å². The van der Waals surface area contributed by atoms with Crippen molar-refractivity contribution in [2.75, 3.05) is 19.4 Å². The van der Waals surface area contributed by atoms with Crippen LogP contribution in [0.5, 0.6) is 0 Å². The Morgan fingerprint density at radius 2 is 2.19 bits per heavy atom. The normalized spacial score (nSPS) is 17.4. The van der Waals surface area contributed by atoms with Crippen molar-refractivity contribution in [2.45, 2.75) is 25.3 Å². The molecule has 1 saturated carbocycles. The van der Waals surface area contributed by atoms with Crippen LogP contribution in [-0.2, 0) is 4.79 Å². The Balaban J connectivity index is 1.60. The number of anilines is 1. The first kappa shape index (κ1) is 19.5. The van der Waals surface area contributed by atoms with E-state index in [0.717, 1.165) is 40.4 Å². The fraction of sp³-hybridized carbons (Fsp3) is 0.273. The molecule has 0 atom stereocenters. The van der Waals surface area contributed by atoms with Crippen molar-refractivity contribution in [3.05, 3.63) is 52.7 Å². The van der Waals surface area contributed by atoms with Crippen LogP contribution in [0.15, 0.2) is 42.2 Å². The molecule has 0 spiro atoms. The van der Waals surface area contributed by atoms with Gasteiger partial charge in [-0.2, -0.15) is 9.61 Å². The maximum absolute atomic E-state index is 12.3. The minimum Gasteiger partial charge on any atom is -0.367 e. The lowest BCUT2D eigenvalue weighted by Crippen LogP contribution is -2.20. The second-order valence-corrected chi connectivity index (χ2v) is 9.10. The molecule has 8 nitrogen and oxygen atoms in total. The average molecular weight is 435 g/mol. The SMILES string of the molecule is C=C1NC(=O)C/C1=C\c1cnn2c(NC3CC3)cc(-c3ccc(C(=O)N(C)C)s3)nc12. The lowest BCUT2D eigenvalue weighted by molar-refractivity contribution is -0.118. The number of carbonyl (C=O) groups is 2. The fourth-order valence-corrected chi connectivity index (χ4v) is 4.44. The highest BCUT2D eigenvalue weighted by molar-refractivity contribution is 7.17. The molecule has 4 heterocycles. The predicted octanol–water partition coefficient (Wildman–Crippen LogP) is 3.15. The fourth-order valence-electron chi connectivity index (χ4n) is 3.46. The maximum Gasteiger partial charge on any atom is 0.263 e. The van der Waals surface area contributed by atoms with Crippen LogP contribution in [0, 0.1) is 0 Å². The topological polar surface area (TPSA) is 91.6 Å². The van der Waals surface area contributed by atoms with E-state index in [1.54, 1.807) is 29.7 Å². The molecule has 2 amide bonds. The number of allylic oxidation sites excluding steroid dienone is 1. The van der Waals surface area contributed by atoms with Crippen LogP contribution < -0.4 is 10.6 Å². The minimum atomic E-state index is -0.0610. The molecule has 158 valence electrons. The van der Waals surface area contributed by atoms with E-state index in [-0.39, 0.29) is 11.8 Å². The standard InChI is InChI=1S/C22H22N6O2S/c1-12-13(9-20(29)24-12)8-14-11-23-28-19(25-15-4-5-15)10-16(26-21(14)28)17-6-7-18(31-17)22(30)27(2)3/h6-8,10-11,15,25H,1,4-5,9H2,2-3H3,(H,24,29)/b13-8+. The summed E-state index contributed by atoms with van der Waals surface area (Å²) in [7, 11) is 3.48. The van der Waals surface area contributed by atoms with Gasteiger partial charge in [-0.05, 0) is 36.6 Å². The number of hydrogen-bond donors (Lipinski definition) is 2.